The molecule has 0 aliphatic carbocycles. The van der Waals surface area contributed by atoms with Gasteiger partial charge in [0.05, 0.1) is 11.5 Å². The molecular weight excluding hydrogens is 296 g/mol. The summed E-state index contributed by atoms with van der Waals surface area (Å²) >= 11 is 0. The number of imide groups is 1. The van der Waals surface area contributed by atoms with Crippen molar-refractivity contribution in [2.75, 3.05) is 13.2 Å². The Morgan fingerprint density at radius 1 is 1.14 bits per heavy atom. The Labute approximate surface area is 123 Å². The molecule has 0 unspecified atom stereocenters. The number of non-ortho nitro benzene ring substituents is 1. The van der Waals surface area contributed by atoms with Crippen LogP contribution in [0.4, 0.5) is 10.5 Å². The van der Waals surface area contributed by atoms with E-state index in [4.69, 9.17) is 9.47 Å². The monoisotopic (exact) mass is 306 g/mol. The molecule has 2 rings (SSSR count). The van der Waals surface area contributed by atoms with E-state index >= 15 is 0 Å². The standard InChI is InChI=1S/C13H10N2O7/c16-11-5-6-12(17)14(11)7-8-21-13(18)22-10-3-1-9(2-4-10)15(19)20/h1-6H,7-8H2. The van der Waals surface area contributed by atoms with Crippen molar-refractivity contribution in [3.63, 3.8) is 0 Å². The third-order valence-corrected chi connectivity index (χ3v) is 2.68. The lowest BCUT2D eigenvalue weighted by atomic mass is 10.3. The Kier molecular flexibility index (Phi) is 4.47. The average molecular weight is 306 g/mol. The highest BCUT2D eigenvalue weighted by Crippen LogP contribution is 2.17. The van der Waals surface area contributed by atoms with Gasteiger partial charge in [-0.3, -0.25) is 24.6 Å². The number of carbonyl (C=O) groups excluding carboxylic acids is 3. The molecule has 1 heterocycles. The molecule has 1 aromatic carbocycles. The first-order valence-corrected chi connectivity index (χ1v) is 6.10. The number of nitro groups is 1. The van der Waals surface area contributed by atoms with Crippen LogP contribution < -0.4 is 4.74 Å². The van der Waals surface area contributed by atoms with Gasteiger partial charge in [-0.2, -0.15) is 0 Å². The van der Waals surface area contributed by atoms with Crippen molar-refractivity contribution in [3.8, 4) is 5.75 Å². The highest BCUT2D eigenvalue weighted by Gasteiger charge is 2.23. The van der Waals surface area contributed by atoms with Crippen LogP contribution in [0.5, 0.6) is 5.75 Å². The van der Waals surface area contributed by atoms with Crippen molar-refractivity contribution in [2.45, 2.75) is 0 Å². The van der Waals surface area contributed by atoms with E-state index in [1.54, 1.807) is 0 Å². The highest BCUT2D eigenvalue weighted by molar-refractivity contribution is 6.12. The van der Waals surface area contributed by atoms with Crippen LogP contribution in [-0.2, 0) is 14.3 Å². The van der Waals surface area contributed by atoms with Crippen molar-refractivity contribution in [1.29, 1.82) is 0 Å². The summed E-state index contributed by atoms with van der Waals surface area (Å²) in [6.45, 7) is -0.301. The van der Waals surface area contributed by atoms with Gasteiger partial charge in [-0.1, -0.05) is 0 Å². The molecular formula is C13H10N2O7. The Hall–Kier alpha value is -3.23. The summed E-state index contributed by atoms with van der Waals surface area (Å²) < 4.78 is 9.49. The van der Waals surface area contributed by atoms with Crippen molar-refractivity contribution >= 4 is 23.7 Å². The summed E-state index contributed by atoms with van der Waals surface area (Å²) in [5.41, 5.74) is -0.140. The summed E-state index contributed by atoms with van der Waals surface area (Å²) in [5.74, 6) is -0.875. The van der Waals surface area contributed by atoms with Gasteiger partial charge in [-0.15, -0.1) is 0 Å². The van der Waals surface area contributed by atoms with Gasteiger partial charge in [0.2, 0.25) is 0 Å². The normalized spacial score (nSPS) is 13.4. The van der Waals surface area contributed by atoms with Crippen LogP contribution in [-0.4, -0.2) is 40.9 Å². The zero-order valence-electron chi connectivity index (χ0n) is 11.1. The van der Waals surface area contributed by atoms with Gasteiger partial charge in [-0.25, -0.2) is 4.79 Å². The minimum Gasteiger partial charge on any atom is -0.432 e. The molecule has 2 amide bonds. The lowest BCUT2D eigenvalue weighted by Crippen LogP contribution is -2.33. The van der Waals surface area contributed by atoms with E-state index in [0.29, 0.717) is 0 Å². The second-order valence-electron chi connectivity index (χ2n) is 4.11. The topological polar surface area (TPSA) is 116 Å². The van der Waals surface area contributed by atoms with E-state index in [-0.39, 0.29) is 24.6 Å². The molecule has 22 heavy (non-hydrogen) atoms. The minimum absolute atomic E-state index is 0.0746. The predicted molar refractivity (Wildman–Crippen MR) is 70.9 cm³/mol. The van der Waals surface area contributed by atoms with Crippen molar-refractivity contribution in [1.82, 2.24) is 4.90 Å². The molecule has 0 fully saturated rings. The maximum atomic E-state index is 11.4. The van der Waals surface area contributed by atoms with Crippen LogP contribution >= 0.6 is 0 Å². The van der Waals surface area contributed by atoms with Gasteiger partial charge < -0.3 is 9.47 Å². The smallest absolute Gasteiger partial charge is 0.432 e. The summed E-state index contributed by atoms with van der Waals surface area (Å²) in [4.78, 5) is 44.6. The second-order valence-corrected chi connectivity index (χ2v) is 4.11. The molecule has 9 nitrogen and oxygen atoms in total. The molecule has 0 saturated heterocycles. The number of nitrogens with zero attached hydrogens (tertiary/aromatic N) is 2. The van der Waals surface area contributed by atoms with Crippen molar-refractivity contribution in [3.05, 3.63) is 46.5 Å². The number of hydrogen-bond donors (Lipinski definition) is 0. The van der Waals surface area contributed by atoms with E-state index in [9.17, 15) is 24.5 Å². The number of nitro benzene ring substituents is 1. The van der Waals surface area contributed by atoms with Gasteiger partial charge in [0.15, 0.2) is 0 Å². The first kappa shape index (κ1) is 15.2. The maximum absolute atomic E-state index is 11.4. The fourth-order valence-electron chi connectivity index (χ4n) is 1.63. The predicted octanol–water partition coefficient (Wildman–Crippen LogP) is 1.04. The van der Waals surface area contributed by atoms with Crippen LogP contribution in [0.2, 0.25) is 0 Å². The average Bonchev–Trinajstić information content (AvgIpc) is 2.79. The maximum Gasteiger partial charge on any atom is 0.513 e. The van der Waals surface area contributed by atoms with Crippen LogP contribution in [0.1, 0.15) is 0 Å². The highest BCUT2D eigenvalue weighted by atomic mass is 16.7. The lowest BCUT2D eigenvalue weighted by molar-refractivity contribution is -0.384. The van der Waals surface area contributed by atoms with E-state index < -0.39 is 22.9 Å². The third-order valence-electron chi connectivity index (χ3n) is 2.68. The molecule has 0 saturated carbocycles. The molecule has 0 bridgehead atoms. The van der Waals surface area contributed by atoms with Gasteiger partial charge >= 0.3 is 6.16 Å². The third kappa shape index (κ3) is 3.66. The van der Waals surface area contributed by atoms with Gasteiger partial charge in [-0.05, 0) is 12.1 Å². The number of carbonyl (C=O) groups is 3. The first-order valence-electron chi connectivity index (χ1n) is 6.10. The minimum atomic E-state index is -1.04. The Morgan fingerprint density at radius 3 is 2.27 bits per heavy atom. The molecule has 0 N–H and O–H groups in total. The molecule has 114 valence electrons. The second kappa shape index (κ2) is 6.48. The van der Waals surface area contributed by atoms with Crippen LogP contribution in [0, 0.1) is 10.1 Å². The van der Waals surface area contributed by atoms with Crippen LogP contribution in [0.25, 0.3) is 0 Å². The van der Waals surface area contributed by atoms with Crippen LogP contribution in [0.15, 0.2) is 36.4 Å². The van der Waals surface area contributed by atoms with Crippen molar-refractivity contribution < 1.29 is 28.8 Å². The molecule has 1 aromatic rings. The molecule has 0 atom stereocenters. The Morgan fingerprint density at radius 2 is 1.73 bits per heavy atom. The van der Waals surface area contributed by atoms with E-state index in [2.05, 4.69) is 0 Å². The van der Waals surface area contributed by atoms with E-state index in [0.717, 1.165) is 17.1 Å². The quantitative estimate of drug-likeness (QED) is 0.262. The summed E-state index contributed by atoms with van der Waals surface area (Å²) in [6, 6.07) is 4.85. The number of ether oxygens (including phenoxy) is 2. The zero-order chi connectivity index (χ0) is 16.1. The Balaban J connectivity index is 1.77. The molecule has 0 aromatic heterocycles. The van der Waals surface area contributed by atoms with E-state index in [1.807, 2.05) is 0 Å². The van der Waals surface area contributed by atoms with Crippen molar-refractivity contribution in [2.24, 2.45) is 0 Å². The number of benzene rings is 1. The molecule has 1 aliphatic heterocycles. The number of rotatable bonds is 5. The fourth-order valence-corrected chi connectivity index (χ4v) is 1.63. The summed E-state index contributed by atoms with van der Waals surface area (Å²) in [5, 5.41) is 10.5. The first-order chi connectivity index (χ1) is 10.5. The van der Waals surface area contributed by atoms with Gasteiger partial charge in [0, 0.05) is 24.3 Å². The SMILES string of the molecule is O=C(OCCN1C(=O)C=CC1=O)Oc1ccc([N+](=O)[O-])cc1. The van der Waals surface area contributed by atoms with Gasteiger partial charge in [0.1, 0.15) is 12.4 Å². The summed E-state index contributed by atoms with van der Waals surface area (Å²) in [7, 11) is 0. The van der Waals surface area contributed by atoms with E-state index in [1.165, 1.54) is 24.3 Å². The summed E-state index contributed by atoms with van der Waals surface area (Å²) in [6.07, 6.45) is 1.20. The molecule has 0 radical (unpaired) electrons. The largest absolute Gasteiger partial charge is 0.513 e. The Bertz CT molecular complexity index is 633. The van der Waals surface area contributed by atoms with Crippen LogP contribution in [0.3, 0.4) is 0 Å². The van der Waals surface area contributed by atoms with Gasteiger partial charge in [0.25, 0.3) is 17.5 Å². The number of hydrogen-bond acceptors (Lipinski definition) is 7. The molecule has 1 aliphatic rings. The number of amides is 2. The lowest BCUT2D eigenvalue weighted by Gasteiger charge is -2.13. The molecule has 9 heteroatoms. The fraction of sp³-hybridized carbons (Fsp3) is 0.154. The zero-order valence-corrected chi connectivity index (χ0v) is 11.1. The molecule has 0 spiro atoms.